The molecule has 1 amide bonds. The highest BCUT2D eigenvalue weighted by atomic mass is 19.1. The summed E-state index contributed by atoms with van der Waals surface area (Å²) in [7, 11) is 0. The molecule has 0 saturated carbocycles. The summed E-state index contributed by atoms with van der Waals surface area (Å²) in [4.78, 5) is 18.5. The van der Waals surface area contributed by atoms with Crippen LogP contribution in [-0.2, 0) is 20.7 Å². The summed E-state index contributed by atoms with van der Waals surface area (Å²) >= 11 is 0. The molecule has 0 unspecified atom stereocenters. The van der Waals surface area contributed by atoms with Gasteiger partial charge in [0.2, 0.25) is 0 Å². The molecule has 2 aromatic rings. The van der Waals surface area contributed by atoms with Crippen molar-refractivity contribution < 1.29 is 18.7 Å². The van der Waals surface area contributed by atoms with Gasteiger partial charge in [0.15, 0.2) is 0 Å². The highest BCUT2D eigenvalue weighted by Gasteiger charge is 2.41. The lowest BCUT2D eigenvalue weighted by atomic mass is 9.87. The molecule has 0 bridgehead atoms. The van der Waals surface area contributed by atoms with Gasteiger partial charge in [-0.3, -0.25) is 4.79 Å². The Kier molecular flexibility index (Phi) is 6.70. The topological polar surface area (TPSA) is 87.5 Å². The smallest absolute Gasteiger partial charge is 0.252 e. The van der Waals surface area contributed by atoms with Crippen molar-refractivity contribution in [2.24, 2.45) is 5.11 Å². The molecule has 174 valence electrons. The zero-order valence-electron chi connectivity index (χ0n) is 19.1. The zero-order chi connectivity index (χ0) is 23.6. The molecule has 4 rings (SSSR count). The summed E-state index contributed by atoms with van der Waals surface area (Å²) in [5.41, 5.74) is 11.7. The molecule has 2 aliphatic heterocycles. The summed E-state index contributed by atoms with van der Waals surface area (Å²) in [5.74, 6) is -0.482. The maximum absolute atomic E-state index is 13.7. The van der Waals surface area contributed by atoms with Gasteiger partial charge in [-0.05, 0) is 68.0 Å². The molecule has 8 heteroatoms. The number of carbonyl (C=O) groups is 1. The Morgan fingerprint density at radius 1 is 1.21 bits per heavy atom. The van der Waals surface area contributed by atoms with Crippen LogP contribution in [0.25, 0.3) is 10.4 Å². The van der Waals surface area contributed by atoms with Crippen LogP contribution in [0, 0.1) is 5.82 Å². The van der Waals surface area contributed by atoms with Crippen LogP contribution in [-0.4, -0.2) is 47.8 Å². The van der Waals surface area contributed by atoms with Crippen LogP contribution in [0.1, 0.15) is 49.9 Å². The number of carbonyl (C=O) groups excluding carboxylic acids is 1. The summed E-state index contributed by atoms with van der Waals surface area (Å²) in [6.07, 6.45) is -0.187. The highest BCUT2D eigenvalue weighted by molar-refractivity contribution is 5.82. The predicted octanol–water partition coefficient (Wildman–Crippen LogP) is 4.95. The second-order valence-electron chi connectivity index (χ2n) is 9.53. The number of azide groups is 1. The number of benzene rings is 2. The third-order valence-electron chi connectivity index (χ3n) is 6.08. The number of fused-ring (bicyclic) bond motifs is 1. The molecule has 1 saturated heterocycles. The predicted molar refractivity (Wildman–Crippen MR) is 122 cm³/mol. The number of rotatable bonds is 4. The highest BCUT2D eigenvalue weighted by Crippen LogP contribution is 2.37. The van der Waals surface area contributed by atoms with E-state index in [2.05, 4.69) is 16.1 Å². The Hall–Kier alpha value is -2.93. The first-order valence-electron chi connectivity index (χ1n) is 11.2. The van der Waals surface area contributed by atoms with Crippen LogP contribution >= 0.6 is 0 Å². The maximum atomic E-state index is 13.7. The van der Waals surface area contributed by atoms with Crippen LogP contribution in [0.3, 0.4) is 0 Å². The van der Waals surface area contributed by atoms with Crippen molar-refractivity contribution in [3.8, 4) is 0 Å². The lowest BCUT2D eigenvalue weighted by Crippen LogP contribution is -2.52. The molecule has 2 heterocycles. The Bertz CT molecular complexity index is 1050. The van der Waals surface area contributed by atoms with E-state index >= 15 is 0 Å². The molecule has 4 atom stereocenters. The Labute approximate surface area is 193 Å². The van der Waals surface area contributed by atoms with Gasteiger partial charge < -0.3 is 14.4 Å². The molecular formula is C25H29FN4O3. The Morgan fingerprint density at radius 2 is 1.94 bits per heavy atom. The molecule has 2 aromatic carbocycles. The standard InChI is InChI=1S/C25H29FN4O3/c1-25(2,3)33-22-15-32-21(14-20(22)28-29-27)24(31)30-13-12-16-6-4-5-7-19(16)23(30)17-8-10-18(26)11-9-17/h4-11,20-23H,12-15H2,1-3H3/t20-,21+,22-,23-/m0/s1. The van der Waals surface area contributed by atoms with E-state index in [1.165, 1.54) is 17.7 Å². The molecule has 0 radical (unpaired) electrons. The van der Waals surface area contributed by atoms with Gasteiger partial charge in [-0.1, -0.05) is 41.5 Å². The molecule has 7 nitrogen and oxygen atoms in total. The Balaban J connectivity index is 1.61. The third kappa shape index (κ3) is 5.19. The van der Waals surface area contributed by atoms with E-state index in [0.29, 0.717) is 6.54 Å². The minimum absolute atomic E-state index is 0.161. The van der Waals surface area contributed by atoms with Gasteiger partial charge in [0.1, 0.15) is 11.9 Å². The van der Waals surface area contributed by atoms with Crippen LogP contribution in [0.15, 0.2) is 53.6 Å². The maximum Gasteiger partial charge on any atom is 0.252 e. The average molecular weight is 453 g/mol. The number of hydrogen-bond donors (Lipinski definition) is 0. The van der Waals surface area contributed by atoms with Gasteiger partial charge >= 0.3 is 0 Å². The van der Waals surface area contributed by atoms with Gasteiger partial charge in [-0.15, -0.1) is 0 Å². The van der Waals surface area contributed by atoms with Crippen molar-refractivity contribution in [1.29, 1.82) is 0 Å². The third-order valence-corrected chi connectivity index (χ3v) is 6.08. The lowest BCUT2D eigenvalue weighted by Gasteiger charge is -2.42. The number of hydrogen-bond acceptors (Lipinski definition) is 4. The van der Waals surface area contributed by atoms with E-state index in [1.807, 2.05) is 39.0 Å². The average Bonchev–Trinajstić information content (AvgIpc) is 2.79. The molecular weight excluding hydrogens is 423 g/mol. The van der Waals surface area contributed by atoms with E-state index in [9.17, 15) is 9.18 Å². The van der Waals surface area contributed by atoms with Crippen molar-refractivity contribution in [3.63, 3.8) is 0 Å². The fourth-order valence-electron chi connectivity index (χ4n) is 4.68. The lowest BCUT2D eigenvalue weighted by molar-refractivity contribution is -0.167. The second kappa shape index (κ2) is 9.51. The largest absolute Gasteiger partial charge is 0.370 e. The summed E-state index contributed by atoms with van der Waals surface area (Å²) < 4.78 is 25.6. The number of ether oxygens (including phenoxy) is 2. The molecule has 0 aliphatic carbocycles. The van der Waals surface area contributed by atoms with Crippen LogP contribution < -0.4 is 0 Å². The van der Waals surface area contributed by atoms with Crippen LogP contribution in [0.2, 0.25) is 0 Å². The van der Waals surface area contributed by atoms with Gasteiger partial charge in [-0.2, -0.15) is 0 Å². The monoisotopic (exact) mass is 452 g/mol. The van der Waals surface area contributed by atoms with E-state index < -0.39 is 23.9 Å². The van der Waals surface area contributed by atoms with Crippen molar-refractivity contribution in [2.45, 2.75) is 63.5 Å². The quantitative estimate of drug-likeness (QED) is 0.373. The van der Waals surface area contributed by atoms with Crippen molar-refractivity contribution >= 4 is 5.91 Å². The van der Waals surface area contributed by atoms with E-state index in [1.54, 1.807) is 17.0 Å². The second-order valence-corrected chi connectivity index (χ2v) is 9.53. The number of amides is 1. The normalized spacial score (nSPS) is 25.2. The molecule has 0 N–H and O–H groups in total. The van der Waals surface area contributed by atoms with E-state index in [4.69, 9.17) is 15.0 Å². The first kappa shape index (κ1) is 23.2. The number of halogens is 1. The minimum atomic E-state index is -0.742. The summed E-state index contributed by atoms with van der Waals surface area (Å²) in [5, 5.41) is 3.91. The van der Waals surface area contributed by atoms with Gasteiger partial charge in [0.25, 0.3) is 5.91 Å². The fourth-order valence-corrected chi connectivity index (χ4v) is 4.68. The van der Waals surface area contributed by atoms with Crippen molar-refractivity contribution in [1.82, 2.24) is 4.90 Å². The van der Waals surface area contributed by atoms with Crippen molar-refractivity contribution in [3.05, 3.63) is 81.5 Å². The summed E-state index contributed by atoms with van der Waals surface area (Å²) in [6.45, 7) is 6.47. The molecule has 0 aromatic heterocycles. The van der Waals surface area contributed by atoms with Crippen LogP contribution in [0.5, 0.6) is 0 Å². The van der Waals surface area contributed by atoms with Crippen molar-refractivity contribution in [2.75, 3.05) is 13.2 Å². The van der Waals surface area contributed by atoms with Gasteiger partial charge in [0, 0.05) is 11.5 Å². The first-order valence-corrected chi connectivity index (χ1v) is 11.2. The van der Waals surface area contributed by atoms with E-state index in [0.717, 1.165) is 17.5 Å². The minimum Gasteiger partial charge on any atom is -0.370 e. The molecule has 1 fully saturated rings. The Morgan fingerprint density at radius 3 is 2.64 bits per heavy atom. The molecule has 2 aliphatic rings. The zero-order valence-corrected chi connectivity index (χ0v) is 19.1. The fraction of sp³-hybridized carbons (Fsp3) is 0.480. The van der Waals surface area contributed by atoms with Crippen LogP contribution in [0.4, 0.5) is 4.39 Å². The molecule has 0 spiro atoms. The first-order chi connectivity index (χ1) is 15.8. The SMILES string of the molecule is CC(C)(C)O[C@H]1CO[C@@H](C(=O)N2CCc3ccccc3[C@@H]2c2ccc(F)cc2)C[C@@H]1N=[N+]=[N-]. The van der Waals surface area contributed by atoms with Gasteiger partial charge in [0.05, 0.1) is 30.4 Å². The van der Waals surface area contributed by atoms with Gasteiger partial charge in [-0.25, -0.2) is 4.39 Å². The number of nitrogens with zero attached hydrogens (tertiary/aromatic N) is 4. The summed E-state index contributed by atoms with van der Waals surface area (Å²) in [6, 6.07) is 13.5. The molecule has 33 heavy (non-hydrogen) atoms. The van der Waals surface area contributed by atoms with E-state index in [-0.39, 0.29) is 30.8 Å².